The number of nitrogens with one attached hydrogen (secondary N) is 1. The zero-order valence-electron chi connectivity index (χ0n) is 11.8. The average Bonchev–Trinajstić information content (AvgIpc) is 2.59. The number of rotatable bonds is 6. The van der Waals surface area contributed by atoms with Crippen molar-refractivity contribution >= 4 is 29.5 Å². The van der Waals surface area contributed by atoms with Crippen molar-refractivity contribution in [3.05, 3.63) is 11.6 Å². The highest BCUT2D eigenvalue weighted by atomic mass is 32.2. The summed E-state index contributed by atoms with van der Waals surface area (Å²) in [6.07, 6.45) is 3.43. The van der Waals surface area contributed by atoms with Gasteiger partial charge in [-0.15, -0.1) is 0 Å². The van der Waals surface area contributed by atoms with Gasteiger partial charge in [-0.05, 0) is 27.0 Å². The summed E-state index contributed by atoms with van der Waals surface area (Å²) >= 11 is 1.67. The molecule has 1 rings (SSSR count). The molecule has 0 bridgehead atoms. The van der Waals surface area contributed by atoms with Crippen LogP contribution in [0.25, 0.3) is 0 Å². The smallest absolute Gasteiger partial charge is 0.256 e. The van der Waals surface area contributed by atoms with Crippen molar-refractivity contribution in [2.45, 2.75) is 31.9 Å². The molecule has 0 spiro atoms. The molecule has 0 aromatic rings. The van der Waals surface area contributed by atoms with Gasteiger partial charge in [-0.25, -0.2) is 0 Å². The van der Waals surface area contributed by atoms with Crippen LogP contribution < -0.4 is 5.32 Å². The number of nitrogens with zero attached hydrogens (tertiary/aromatic N) is 1. The molecular weight excluding hydrogens is 264 g/mol. The van der Waals surface area contributed by atoms with Crippen molar-refractivity contribution in [1.29, 1.82) is 0 Å². The molecule has 1 aliphatic heterocycles. The molecule has 6 heteroatoms. The average molecular weight is 284 g/mol. The van der Waals surface area contributed by atoms with E-state index in [4.69, 9.17) is 0 Å². The van der Waals surface area contributed by atoms with Crippen molar-refractivity contribution < 1.29 is 14.4 Å². The van der Waals surface area contributed by atoms with Gasteiger partial charge in [-0.2, -0.15) is 11.8 Å². The topological polar surface area (TPSA) is 66.5 Å². The first-order chi connectivity index (χ1) is 8.76. The van der Waals surface area contributed by atoms with Crippen LogP contribution in [0.1, 0.15) is 27.2 Å². The summed E-state index contributed by atoms with van der Waals surface area (Å²) in [5.74, 6) is -0.783. The molecule has 0 aromatic heterocycles. The van der Waals surface area contributed by atoms with Gasteiger partial charge in [0.1, 0.15) is 0 Å². The maximum Gasteiger partial charge on any atom is 0.256 e. The van der Waals surface area contributed by atoms with Crippen LogP contribution in [0.5, 0.6) is 0 Å². The number of hydrogen-bond acceptors (Lipinski definition) is 4. The highest BCUT2D eigenvalue weighted by Crippen LogP contribution is 2.19. The summed E-state index contributed by atoms with van der Waals surface area (Å²) in [7, 11) is 0. The SMILES string of the molecule is CSC(C)(C)CNC(=O)CCN1C(=O)C=C(C)C1=O. The Balaban J connectivity index is 2.36. The van der Waals surface area contributed by atoms with Gasteiger partial charge in [0, 0.05) is 35.9 Å². The van der Waals surface area contributed by atoms with Gasteiger partial charge in [0.2, 0.25) is 5.91 Å². The lowest BCUT2D eigenvalue weighted by molar-refractivity contribution is -0.137. The Morgan fingerprint density at radius 2 is 2.05 bits per heavy atom. The maximum absolute atomic E-state index is 11.7. The van der Waals surface area contributed by atoms with Crippen LogP contribution in [-0.4, -0.2) is 46.7 Å². The third kappa shape index (κ3) is 4.38. The van der Waals surface area contributed by atoms with Gasteiger partial charge in [-0.3, -0.25) is 19.3 Å². The highest BCUT2D eigenvalue weighted by molar-refractivity contribution is 7.99. The number of hydrogen-bond donors (Lipinski definition) is 1. The van der Waals surface area contributed by atoms with E-state index in [2.05, 4.69) is 5.32 Å². The van der Waals surface area contributed by atoms with Gasteiger partial charge >= 0.3 is 0 Å². The molecule has 106 valence electrons. The molecule has 19 heavy (non-hydrogen) atoms. The standard InChI is InChI=1S/C13H20N2O3S/c1-9-7-11(17)15(12(9)18)6-5-10(16)14-8-13(2,3)19-4/h7H,5-6,8H2,1-4H3,(H,14,16). The van der Waals surface area contributed by atoms with Crippen LogP contribution in [0.3, 0.4) is 0 Å². The van der Waals surface area contributed by atoms with Crippen LogP contribution in [0, 0.1) is 0 Å². The summed E-state index contributed by atoms with van der Waals surface area (Å²) in [5.41, 5.74) is 0.425. The number of carbonyl (C=O) groups is 3. The predicted octanol–water partition coefficient (Wildman–Crippen LogP) is 0.949. The van der Waals surface area contributed by atoms with Crippen molar-refractivity contribution in [2.75, 3.05) is 19.3 Å². The summed E-state index contributed by atoms with van der Waals surface area (Å²) < 4.78 is -0.0207. The Morgan fingerprint density at radius 3 is 2.53 bits per heavy atom. The lowest BCUT2D eigenvalue weighted by atomic mass is 10.2. The number of amides is 3. The van der Waals surface area contributed by atoms with Crippen LogP contribution in [0.4, 0.5) is 0 Å². The first-order valence-electron chi connectivity index (χ1n) is 6.13. The highest BCUT2D eigenvalue weighted by Gasteiger charge is 2.28. The van der Waals surface area contributed by atoms with E-state index in [1.54, 1.807) is 18.7 Å². The van der Waals surface area contributed by atoms with Gasteiger partial charge in [-0.1, -0.05) is 0 Å². The summed E-state index contributed by atoms with van der Waals surface area (Å²) in [5, 5.41) is 2.81. The monoisotopic (exact) mass is 284 g/mol. The van der Waals surface area contributed by atoms with Crippen LogP contribution in [0.2, 0.25) is 0 Å². The summed E-state index contributed by atoms with van der Waals surface area (Å²) in [4.78, 5) is 35.8. The van der Waals surface area contributed by atoms with E-state index in [0.29, 0.717) is 12.1 Å². The fourth-order valence-corrected chi connectivity index (χ4v) is 1.75. The minimum Gasteiger partial charge on any atom is -0.355 e. The predicted molar refractivity (Wildman–Crippen MR) is 75.7 cm³/mol. The maximum atomic E-state index is 11.7. The third-order valence-electron chi connectivity index (χ3n) is 3.01. The van der Waals surface area contributed by atoms with E-state index >= 15 is 0 Å². The fraction of sp³-hybridized carbons (Fsp3) is 0.615. The van der Waals surface area contributed by atoms with E-state index in [9.17, 15) is 14.4 Å². The van der Waals surface area contributed by atoms with Crippen LogP contribution >= 0.6 is 11.8 Å². The number of imide groups is 1. The molecule has 0 aliphatic carbocycles. The third-order valence-corrected chi connectivity index (χ3v) is 4.26. The van der Waals surface area contributed by atoms with Crippen LogP contribution in [0.15, 0.2) is 11.6 Å². The molecule has 0 radical (unpaired) electrons. The molecule has 3 amide bonds. The minimum absolute atomic E-state index is 0.0207. The first kappa shape index (κ1) is 15.8. The largest absolute Gasteiger partial charge is 0.355 e. The van der Waals surface area contributed by atoms with E-state index in [1.807, 2.05) is 20.1 Å². The first-order valence-corrected chi connectivity index (χ1v) is 7.35. The van der Waals surface area contributed by atoms with Crippen molar-refractivity contribution in [3.63, 3.8) is 0 Å². The van der Waals surface area contributed by atoms with Gasteiger partial charge in [0.15, 0.2) is 0 Å². The molecule has 0 fully saturated rings. The second-order valence-electron chi connectivity index (χ2n) is 5.11. The van der Waals surface area contributed by atoms with Gasteiger partial charge in [0.25, 0.3) is 11.8 Å². The van der Waals surface area contributed by atoms with Gasteiger partial charge in [0.05, 0.1) is 0 Å². The Morgan fingerprint density at radius 1 is 1.42 bits per heavy atom. The zero-order chi connectivity index (χ0) is 14.6. The molecule has 0 aromatic carbocycles. The second kappa shape index (κ2) is 6.23. The van der Waals surface area contributed by atoms with E-state index in [1.165, 1.54) is 6.08 Å². The number of carbonyl (C=O) groups excluding carboxylic acids is 3. The molecule has 1 N–H and O–H groups in total. The van der Waals surface area contributed by atoms with Crippen molar-refractivity contribution in [3.8, 4) is 0 Å². The molecule has 1 aliphatic rings. The Bertz CT molecular complexity index is 430. The van der Waals surface area contributed by atoms with E-state index in [0.717, 1.165) is 4.90 Å². The molecule has 0 unspecified atom stereocenters. The molecular formula is C13H20N2O3S. The Kier molecular flexibility index (Phi) is 5.17. The lowest BCUT2D eigenvalue weighted by Crippen LogP contribution is -2.39. The Hall–Kier alpha value is -1.30. The lowest BCUT2D eigenvalue weighted by Gasteiger charge is -2.22. The number of thioether (sulfide) groups is 1. The second-order valence-corrected chi connectivity index (χ2v) is 6.63. The fourth-order valence-electron chi connectivity index (χ4n) is 1.53. The molecule has 0 saturated carbocycles. The van der Waals surface area contributed by atoms with Crippen molar-refractivity contribution in [2.24, 2.45) is 0 Å². The summed E-state index contributed by atoms with van der Waals surface area (Å²) in [6.45, 7) is 6.38. The quantitative estimate of drug-likeness (QED) is 0.738. The molecule has 0 saturated heterocycles. The molecule has 5 nitrogen and oxygen atoms in total. The van der Waals surface area contributed by atoms with Gasteiger partial charge < -0.3 is 5.32 Å². The van der Waals surface area contributed by atoms with E-state index < -0.39 is 0 Å². The molecule has 0 atom stereocenters. The van der Waals surface area contributed by atoms with E-state index in [-0.39, 0.29) is 35.4 Å². The normalized spacial score (nSPS) is 15.8. The Labute approximate surface area is 117 Å². The minimum atomic E-state index is -0.334. The van der Waals surface area contributed by atoms with Crippen LogP contribution in [-0.2, 0) is 14.4 Å². The zero-order valence-corrected chi connectivity index (χ0v) is 12.6. The summed E-state index contributed by atoms with van der Waals surface area (Å²) in [6, 6.07) is 0. The molecule has 1 heterocycles. The van der Waals surface area contributed by atoms with Crippen molar-refractivity contribution in [1.82, 2.24) is 10.2 Å².